The number of hydrogen-bond donors (Lipinski definition) is 0. The van der Waals surface area contributed by atoms with Gasteiger partial charge < -0.3 is 50.5 Å². The molecule has 5 heteroatoms. The summed E-state index contributed by atoms with van der Waals surface area (Å²) >= 11 is 19.7. The van der Waals surface area contributed by atoms with E-state index in [4.69, 9.17) is 50.5 Å². The van der Waals surface area contributed by atoms with Gasteiger partial charge in [0.2, 0.25) is 0 Å². The molecule has 0 radical (unpaired) electrons. The van der Waals surface area contributed by atoms with E-state index in [1.54, 1.807) is 0 Å². The fourth-order valence-corrected chi connectivity index (χ4v) is 2.80. The summed E-state index contributed by atoms with van der Waals surface area (Å²) < 4.78 is 0. The quantitative estimate of drug-likeness (QED) is 0.576. The van der Waals surface area contributed by atoms with Gasteiger partial charge in [0, 0.05) is 0 Å². The van der Waals surface area contributed by atoms with Crippen LogP contribution in [-0.4, -0.2) is 0 Å². The van der Waals surface area contributed by atoms with E-state index in [9.17, 15) is 0 Å². The fraction of sp³-hybridized carbons (Fsp3) is 0.250. The zero-order chi connectivity index (χ0) is 14.8. The molecule has 0 fully saturated rings. The second-order valence-electron chi connectivity index (χ2n) is 4.11. The molecule has 0 heterocycles. The maximum Gasteiger partial charge on any atom is 4.00 e. The molecule has 0 N–H and O–H groups in total. The van der Waals surface area contributed by atoms with Gasteiger partial charge in [-0.05, 0) is 0 Å². The summed E-state index contributed by atoms with van der Waals surface area (Å²) in [5, 5.41) is 0. The predicted molar refractivity (Wildman–Crippen MR) is 97.2 cm³/mol. The van der Waals surface area contributed by atoms with Crippen molar-refractivity contribution < 1.29 is 17.1 Å². The molecule has 21 heavy (non-hydrogen) atoms. The van der Waals surface area contributed by atoms with Crippen molar-refractivity contribution in [2.24, 2.45) is 0 Å². The summed E-state index contributed by atoms with van der Waals surface area (Å²) in [6.45, 7) is 0. The molecule has 2 aromatic carbocycles. The Balaban J connectivity index is 0.000000364. The summed E-state index contributed by atoms with van der Waals surface area (Å²) in [5.41, 5.74) is 4.81. The smallest absolute Gasteiger partial charge is 0.788 e. The van der Waals surface area contributed by atoms with Crippen LogP contribution in [0.1, 0.15) is 22.3 Å². The van der Waals surface area contributed by atoms with Gasteiger partial charge in [0.1, 0.15) is 0 Å². The minimum atomic E-state index is 0. The first-order valence-corrected chi connectivity index (χ1v) is 8.53. The molecule has 0 aliphatic rings. The molecule has 2 aromatic rings. The fourth-order valence-electron chi connectivity index (χ4n) is 1.68. The van der Waals surface area contributed by atoms with E-state index >= 15 is 0 Å². The number of benzene rings is 2. The molecule has 0 saturated heterocycles. The van der Waals surface area contributed by atoms with Crippen molar-refractivity contribution in [3.05, 3.63) is 70.8 Å². The van der Waals surface area contributed by atoms with Gasteiger partial charge in [-0.2, -0.15) is 23.0 Å². The minimum Gasteiger partial charge on any atom is -0.788 e. The van der Waals surface area contributed by atoms with E-state index in [2.05, 4.69) is 0 Å². The molecule has 112 valence electrons. The molecule has 0 aliphatic heterocycles. The molecule has 0 aliphatic carbocycles. The third-order valence-corrected chi connectivity index (χ3v) is 4.10. The normalized spacial score (nSPS) is 9.33. The molecular formula is C16H16FeS4. The van der Waals surface area contributed by atoms with Crippen LogP contribution in [0.5, 0.6) is 0 Å². The Morgan fingerprint density at radius 2 is 0.667 bits per heavy atom. The van der Waals surface area contributed by atoms with Gasteiger partial charge in [-0.15, -0.1) is 0 Å². The van der Waals surface area contributed by atoms with Crippen LogP contribution in [0.3, 0.4) is 0 Å². The van der Waals surface area contributed by atoms with Crippen molar-refractivity contribution in [3.8, 4) is 0 Å². The van der Waals surface area contributed by atoms with E-state index in [0.29, 0.717) is 23.0 Å². The average Bonchev–Trinajstić information content (AvgIpc) is 2.55. The first kappa shape index (κ1) is 21.4. The van der Waals surface area contributed by atoms with Gasteiger partial charge in [-0.25, -0.2) is 0 Å². The van der Waals surface area contributed by atoms with Crippen molar-refractivity contribution in [2.45, 2.75) is 23.0 Å². The monoisotopic (exact) mass is 392 g/mol. The molecule has 0 unspecified atom stereocenters. The van der Waals surface area contributed by atoms with E-state index in [1.165, 1.54) is 22.3 Å². The van der Waals surface area contributed by atoms with E-state index in [-0.39, 0.29) is 17.1 Å². The second kappa shape index (κ2) is 12.9. The van der Waals surface area contributed by atoms with Gasteiger partial charge >= 0.3 is 17.1 Å². The first-order valence-electron chi connectivity index (χ1n) is 6.22. The Morgan fingerprint density at radius 1 is 0.476 bits per heavy atom. The van der Waals surface area contributed by atoms with Gasteiger partial charge in [0.15, 0.2) is 0 Å². The molecule has 0 bridgehead atoms. The molecule has 0 spiro atoms. The Bertz CT molecular complexity index is 424. The van der Waals surface area contributed by atoms with Crippen LogP contribution < -0.4 is 0 Å². The standard InChI is InChI=1S/2C8H10S2.Fe/c2*9-5-7-3-1-2-4-8(7)6-10;/h2*1-4,9-10H,5-6H2;/q;;+4/p-4. The molecule has 0 aromatic heterocycles. The van der Waals surface area contributed by atoms with Crippen LogP contribution in [0.25, 0.3) is 0 Å². The average molecular weight is 392 g/mol. The maximum absolute atomic E-state index is 4.93. The van der Waals surface area contributed by atoms with Crippen LogP contribution in [0.4, 0.5) is 0 Å². The van der Waals surface area contributed by atoms with Crippen molar-refractivity contribution in [1.29, 1.82) is 0 Å². The van der Waals surface area contributed by atoms with Gasteiger partial charge in [-0.1, -0.05) is 70.8 Å². The van der Waals surface area contributed by atoms with Crippen LogP contribution in [0.15, 0.2) is 48.5 Å². The van der Waals surface area contributed by atoms with Crippen LogP contribution in [-0.2, 0) is 90.6 Å². The Morgan fingerprint density at radius 3 is 0.810 bits per heavy atom. The largest absolute Gasteiger partial charge is 4.00 e. The van der Waals surface area contributed by atoms with E-state index < -0.39 is 0 Å². The van der Waals surface area contributed by atoms with Crippen LogP contribution in [0.2, 0.25) is 0 Å². The van der Waals surface area contributed by atoms with Gasteiger partial charge in [-0.3, -0.25) is 0 Å². The second-order valence-corrected chi connectivity index (χ2v) is 5.27. The number of rotatable bonds is 4. The van der Waals surface area contributed by atoms with E-state index in [0.717, 1.165) is 0 Å². The molecule has 0 nitrogen and oxygen atoms in total. The van der Waals surface area contributed by atoms with E-state index in [1.807, 2.05) is 48.5 Å². The summed E-state index contributed by atoms with van der Waals surface area (Å²) in [5.74, 6) is 2.69. The van der Waals surface area contributed by atoms with Crippen molar-refractivity contribution in [3.63, 3.8) is 0 Å². The zero-order valence-electron chi connectivity index (χ0n) is 11.4. The molecule has 0 atom stereocenters. The Kier molecular flexibility index (Phi) is 13.1. The summed E-state index contributed by atoms with van der Waals surface area (Å²) in [4.78, 5) is 0. The summed E-state index contributed by atoms with van der Waals surface area (Å²) in [7, 11) is 0. The van der Waals surface area contributed by atoms with Crippen molar-refractivity contribution in [2.75, 3.05) is 0 Å². The van der Waals surface area contributed by atoms with Gasteiger partial charge in [0.25, 0.3) is 0 Å². The Labute approximate surface area is 160 Å². The van der Waals surface area contributed by atoms with Crippen molar-refractivity contribution >= 4 is 50.5 Å². The van der Waals surface area contributed by atoms with Gasteiger partial charge in [0.05, 0.1) is 0 Å². The third-order valence-electron chi connectivity index (χ3n) is 2.86. The predicted octanol–water partition coefficient (Wildman–Crippen LogP) is 3.56. The maximum atomic E-state index is 4.93. The molecule has 0 saturated carbocycles. The number of hydrogen-bond acceptors (Lipinski definition) is 4. The SMILES string of the molecule is [Fe+4].[S-]Cc1ccccc1C[S-].[S-]Cc1ccccc1C[S-]. The summed E-state index contributed by atoms with van der Waals surface area (Å²) in [6.07, 6.45) is 0. The van der Waals surface area contributed by atoms with Crippen LogP contribution >= 0.6 is 0 Å². The first-order chi connectivity index (χ1) is 9.76. The molecular weight excluding hydrogens is 376 g/mol. The molecule has 0 amide bonds. The Hall–Kier alpha value is 0.359. The third kappa shape index (κ3) is 7.45. The van der Waals surface area contributed by atoms with Crippen molar-refractivity contribution in [1.82, 2.24) is 0 Å². The zero-order valence-corrected chi connectivity index (χ0v) is 15.8. The minimum absolute atomic E-state index is 0. The van der Waals surface area contributed by atoms with Crippen LogP contribution in [0, 0.1) is 0 Å². The molecule has 2 rings (SSSR count). The summed E-state index contributed by atoms with van der Waals surface area (Å²) in [6, 6.07) is 16.1. The topological polar surface area (TPSA) is 0 Å².